The van der Waals surface area contributed by atoms with Gasteiger partial charge in [0.15, 0.2) is 17.6 Å². The fourth-order valence-corrected chi connectivity index (χ4v) is 7.55. The van der Waals surface area contributed by atoms with Crippen LogP contribution in [0.25, 0.3) is 11.1 Å². The molecule has 4 aliphatic heterocycles. The lowest BCUT2D eigenvalue weighted by Gasteiger charge is -2.39. The highest BCUT2D eigenvalue weighted by Crippen LogP contribution is 2.60. The summed E-state index contributed by atoms with van der Waals surface area (Å²) in [5.41, 5.74) is 5.85. The van der Waals surface area contributed by atoms with E-state index in [0.717, 1.165) is 22.3 Å². The average molecular weight is 671 g/mol. The minimum Gasteiger partial charge on any atom is -0.508 e. The third-order valence-corrected chi connectivity index (χ3v) is 9.81. The zero-order valence-electron chi connectivity index (χ0n) is 26.5. The molecule has 5 N–H and O–H groups in total. The molecule has 5 aliphatic rings. The van der Waals surface area contributed by atoms with Gasteiger partial charge in [-0.15, -0.1) is 0 Å². The highest BCUT2D eigenvalue weighted by Gasteiger charge is 2.51. The van der Waals surface area contributed by atoms with Crippen LogP contribution in [-0.2, 0) is 22.4 Å². The molecule has 12 nitrogen and oxygen atoms in total. The molecule has 0 aromatic heterocycles. The number of carboxylic acid groups (broad SMARTS) is 1. The Balaban J connectivity index is 1.34. The van der Waals surface area contributed by atoms with E-state index in [0.29, 0.717) is 52.5 Å². The van der Waals surface area contributed by atoms with Crippen molar-refractivity contribution in [3.05, 3.63) is 94.5 Å². The molecule has 12 heteroatoms. The van der Waals surface area contributed by atoms with Crippen LogP contribution < -0.4 is 23.7 Å². The predicted octanol–water partition coefficient (Wildman–Crippen LogP) is 3.47. The summed E-state index contributed by atoms with van der Waals surface area (Å²) >= 11 is 0. The first-order valence-electron chi connectivity index (χ1n) is 15.9. The molecule has 0 amide bonds. The number of aromatic hydroxyl groups is 1. The number of phenolic OH excluding ortho intramolecular Hbond substituents is 1. The number of carboxylic acids is 1. The zero-order valence-corrected chi connectivity index (χ0v) is 26.5. The van der Waals surface area contributed by atoms with Crippen LogP contribution in [0.15, 0.2) is 66.7 Å². The van der Waals surface area contributed by atoms with Crippen molar-refractivity contribution in [1.29, 1.82) is 0 Å². The third kappa shape index (κ3) is 5.10. The summed E-state index contributed by atoms with van der Waals surface area (Å²) in [5.74, 6) is 0.260. The molecule has 4 aromatic carbocycles. The lowest BCUT2D eigenvalue weighted by molar-refractivity contribution is -0.271. The molecular formula is C37H34O12. The molecule has 0 saturated carbocycles. The fraction of sp³-hybridized carbons (Fsp3) is 0.324. The smallest absolute Gasteiger partial charge is 0.335 e. The van der Waals surface area contributed by atoms with E-state index in [1.807, 2.05) is 30.3 Å². The van der Waals surface area contributed by atoms with Crippen molar-refractivity contribution in [2.75, 3.05) is 14.2 Å². The molecule has 0 spiro atoms. The number of aliphatic hydroxyl groups excluding tert-OH is 3. The van der Waals surface area contributed by atoms with E-state index in [4.69, 9.17) is 28.4 Å². The number of hydrogen-bond donors (Lipinski definition) is 5. The first kappa shape index (κ1) is 31.3. The van der Waals surface area contributed by atoms with Crippen LogP contribution in [0.4, 0.5) is 0 Å². The monoisotopic (exact) mass is 670 g/mol. The van der Waals surface area contributed by atoms with Gasteiger partial charge in [-0.05, 0) is 58.5 Å². The maximum atomic E-state index is 11.8. The van der Waals surface area contributed by atoms with E-state index in [9.17, 15) is 30.3 Å². The maximum Gasteiger partial charge on any atom is 0.335 e. The van der Waals surface area contributed by atoms with Crippen LogP contribution in [0.2, 0.25) is 0 Å². The number of aliphatic hydroxyl groups is 3. The highest BCUT2D eigenvalue weighted by atomic mass is 16.7. The minimum absolute atomic E-state index is 0.0281. The molecule has 49 heavy (non-hydrogen) atoms. The number of rotatable bonds is 5. The quantitative estimate of drug-likeness (QED) is 0.210. The summed E-state index contributed by atoms with van der Waals surface area (Å²) in [6, 6.07) is 20.5. The van der Waals surface area contributed by atoms with Crippen LogP contribution in [-0.4, -0.2) is 82.5 Å². The van der Waals surface area contributed by atoms with Gasteiger partial charge in [-0.25, -0.2) is 4.79 Å². The van der Waals surface area contributed by atoms with E-state index >= 15 is 0 Å². The zero-order chi connectivity index (χ0) is 34.1. The summed E-state index contributed by atoms with van der Waals surface area (Å²) in [7, 11) is 3.12. The SMILES string of the molecule is COc1ccc2c(c1OC)O[C@@H]1c3c4cc(O[C@H]5O[C@H](C(=O)O)[C@@H](O)[C@H](O)[C@H]5O)cc3-c3cc(O)ccc3Cc3cccc(c3)C[C@@H](O4)[C@@H]21. The first-order valence-corrected chi connectivity index (χ1v) is 15.9. The van der Waals surface area contributed by atoms with Crippen molar-refractivity contribution in [1.82, 2.24) is 0 Å². The highest BCUT2D eigenvalue weighted by molar-refractivity contribution is 5.78. The van der Waals surface area contributed by atoms with E-state index in [2.05, 4.69) is 12.1 Å². The second-order valence-electron chi connectivity index (χ2n) is 12.7. The van der Waals surface area contributed by atoms with Gasteiger partial charge in [-0.1, -0.05) is 36.4 Å². The van der Waals surface area contributed by atoms with Crippen LogP contribution >= 0.6 is 0 Å². The minimum atomic E-state index is -1.87. The number of aliphatic carboxylic acids is 1. The van der Waals surface area contributed by atoms with Crippen molar-refractivity contribution in [2.45, 2.75) is 61.7 Å². The topological polar surface area (TPSA) is 174 Å². The van der Waals surface area contributed by atoms with Crippen LogP contribution in [0.1, 0.15) is 39.8 Å². The van der Waals surface area contributed by atoms with Crippen LogP contribution in [0, 0.1) is 0 Å². The summed E-state index contributed by atoms with van der Waals surface area (Å²) in [5, 5.41) is 51.8. The second-order valence-corrected chi connectivity index (χ2v) is 12.7. The Morgan fingerprint density at radius 3 is 2.45 bits per heavy atom. The molecule has 9 rings (SSSR count). The number of phenols is 1. The first-order chi connectivity index (χ1) is 23.6. The maximum absolute atomic E-state index is 11.8. The number of benzene rings is 4. The summed E-state index contributed by atoms with van der Waals surface area (Å²) in [6.45, 7) is 0. The Hall–Kier alpha value is -5.01. The van der Waals surface area contributed by atoms with E-state index in [1.54, 1.807) is 38.5 Å². The molecule has 4 heterocycles. The Bertz CT molecular complexity index is 1960. The summed E-state index contributed by atoms with van der Waals surface area (Å²) in [4.78, 5) is 11.8. The number of fused-ring (bicyclic) bond motifs is 1. The Kier molecular flexibility index (Phi) is 7.56. The Morgan fingerprint density at radius 2 is 1.67 bits per heavy atom. The molecule has 8 atom stereocenters. The molecule has 1 saturated heterocycles. The summed E-state index contributed by atoms with van der Waals surface area (Å²) < 4.78 is 36.5. The van der Waals surface area contributed by atoms with Gasteiger partial charge in [0.05, 0.1) is 20.1 Å². The lowest BCUT2D eigenvalue weighted by atomic mass is 9.78. The van der Waals surface area contributed by atoms with Gasteiger partial charge in [-0.3, -0.25) is 0 Å². The van der Waals surface area contributed by atoms with Crippen molar-refractivity contribution < 1.29 is 58.7 Å². The largest absolute Gasteiger partial charge is 0.508 e. The molecule has 0 radical (unpaired) electrons. The van der Waals surface area contributed by atoms with Gasteiger partial charge in [-0.2, -0.15) is 0 Å². The van der Waals surface area contributed by atoms with Crippen molar-refractivity contribution in [2.24, 2.45) is 0 Å². The Morgan fingerprint density at radius 1 is 0.857 bits per heavy atom. The molecule has 1 fully saturated rings. The third-order valence-electron chi connectivity index (χ3n) is 9.81. The number of hydrogen-bond acceptors (Lipinski definition) is 11. The van der Waals surface area contributed by atoms with Gasteiger partial charge in [0.25, 0.3) is 0 Å². The van der Waals surface area contributed by atoms with E-state index in [1.165, 1.54) is 0 Å². The average Bonchev–Trinajstić information content (AvgIpc) is 3.48. The van der Waals surface area contributed by atoms with Crippen LogP contribution in [0.3, 0.4) is 0 Å². The van der Waals surface area contributed by atoms with Crippen molar-refractivity contribution in [3.63, 3.8) is 0 Å². The number of carbonyl (C=O) groups is 1. The number of ether oxygens (including phenoxy) is 6. The molecule has 254 valence electrons. The number of methoxy groups -OCH3 is 2. The van der Waals surface area contributed by atoms with Gasteiger partial charge in [0.2, 0.25) is 12.0 Å². The van der Waals surface area contributed by atoms with Gasteiger partial charge >= 0.3 is 5.97 Å². The molecule has 1 aliphatic carbocycles. The van der Waals surface area contributed by atoms with Crippen LogP contribution in [0.5, 0.6) is 34.5 Å². The van der Waals surface area contributed by atoms with Crippen molar-refractivity contribution >= 4 is 5.97 Å². The fourth-order valence-electron chi connectivity index (χ4n) is 7.55. The summed E-state index contributed by atoms with van der Waals surface area (Å²) in [6.07, 6.45) is -8.91. The molecule has 6 bridgehead atoms. The van der Waals surface area contributed by atoms with E-state index in [-0.39, 0.29) is 17.4 Å². The molecule has 4 aromatic rings. The lowest BCUT2D eigenvalue weighted by Crippen LogP contribution is -2.61. The Labute approximate surface area is 280 Å². The molecular weight excluding hydrogens is 636 g/mol. The van der Waals surface area contributed by atoms with Gasteiger partial charge < -0.3 is 54.0 Å². The second kappa shape index (κ2) is 11.8. The predicted molar refractivity (Wildman–Crippen MR) is 172 cm³/mol. The van der Waals surface area contributed by atoms with E-state index < -0.39 is 48.9 Å². The normalized spacial score (nSPS) is 27.6. The standard InChI is InChI=1S/C37H34O12/c1-44-24-9-8-21-27-25-12-17-5-3-4-16(10-17)11-18-6-7-19(38)13-22(18)23-14-20(46-37-31(41)29(39)30(40)35(49-37)36(42)43)15-26(47-25)28(23)34(27)48-32(21)33(24)45-2/h3-10,13-15,25,27,29-31,34-35,37-41H,11-12H2,1-2H3,(H,42,43)/t25-,27-,29+,30+,31-,34+,35+,37+/m1/s1. The van der Waals surface area contributed by atoms with Gasteiger partial charge in [0.1, 0.15) is 47.8 Å². The van der Waals surface area contributed by atoms with Gasteiger partial charge in [0, 0.05) is 23.6 Å². The van der Waals surface area contributed by atoms with Crippen molar-refractivity contribution in [3.8, 4) is 45.6 Å². The molecule has 0 unspecified atom stereocenters.